The maximum Gasteiger partial charge on any atom is 0.226 e. The smallest absolute Gasteiger partial charge is 0.226 e. The number of ether oxygens (including phenoxy) is 1. The Labute approximate surface area is 167 Å². The van der Waals surface area contributed by atoms with E-state index in [1.807, 2.05) is 31.2 Å². The number of carbonyl (C=O) groups excluding carboxylic acids is 1. The molecule has 0 saturated heterocycles. The van der Waals surface area contributed by atoms with Crippen molar-refractivity contribution in [1.29, 1.82) is 0 Å². The van der Waals surface area contributed by atoms with Gasteiger partial charge in [-0.15, -0.1) is 0 Å². The number of carbonyl (C=O) groups is 1. The highest BCUT2D eigenvalue weighted by Gasteiger charge is 2.31. The maximum absolute atomic E-state index is 12.2. The van der Waals surface area contributed by atoms with E-state index in [1.165, 1.54) is 0 Å². The molecule has 7 nitrogen and oxygen atoms in total. The summed E-state index contributed by atoms with van der Waals surface area (Å²) < 4.78 is 10.9. The second kappa shape index (κ2) is 7.85. The monoisotopic (exact) mass is 403 g/mol. The molecule has 1 saturated carbocycles. The Morgan fingerprint density at radius 3 is 2.96 bits per heavy atom. The average molecular weight is 404 g/mol. The van der Waals surface area contributed by atoms with E-state index in [1.54, 1.807) is 0 Å². The van der Waals surface area contributed by atoms with Crippen LogP contribution in [0.15, 0.2) is 28.8 Å². The Morgan fingerprint density at radius 2 is 2.25 bits per heavy atom. The van der Waals surface area contributed by atoms with Gasteiger partial charge in [-0.05, 0) is 38.3 Å². The van der Waals surface area contributed by atoms with Gasteiger partial charge in [0.25, 0.3) is 0 Å². The second-order valence-electron chi connectivity index (χ2n) is 7.21. The molecule has 148 valence electrons. The number of hydrogen-bond donors (Lipinski definition) is 3. The zero-order valence-corrected chi connectivity index (χ0v) is 16.3. The van der Waals surface area contributed by atoms with Crippen LogP contribution in [0.2, 0.25) is 5.02 Å². The lowest BCUT2D eigenvalue weighted by Gasteiger charge is -2.13. The number of fused-ring (bicyclic) bond motifs is 1. The number of hydrogen-bond acceptors (Lipinski definition) is 5. The van der Waals surface area contributed by atoms with Crippen LogP contribution in [0, 0.1) is 12.8 Å². The van der Waals surface area contributed by atoms with E-state index in [0.29, 0.717) is 29.5 Å². The summed E-state index contributed by atoms with van der Waals surface area (Å²) in [4.78, 5) is 15.5. The van der Waals surface area contributed by atoms with Gasteiger partial charge in [0.2, 0.25) is 5.91 Å². The number of amides is 1. The molecule has 1 fully saturated rings. The number of aliphatic hydroxyl groups excluding tert-OH is 1. The minimum Gasteiger partial charge on any atom is -0.484 e. The number of aryl methyl sites for hydroxylation is 1. The van der Waals surface area contributed by atoms with Crippen molar-refractivity contribution in [3.8, 4) is 5.75 Å². The van der Waals surface area contributed by atoms with Gasteiger partial charge in [0, 0.05) is 28.7 Å². The number of aromatic nitrogens is 2. The molecule has 2 heterocycles. The Hall–Kier alpha value is -2.51. The molecule has 1 aromatic carbocycles. The third-order valence-corrected chi connectivity index (χ3v) is 5.34. The lowest BCUT2D eigenvalue weighted by Crippen LogP contribution is -2.34. The van der Waals surface area contributed by atoms with Crippen LogP contribution in [-0.4, -0.2) is 27.3 Å². The number of H-pyrrole nitrogens is 1. The minimum absolute atomic E-state index is 0.104. The van der Waals surface area contributed by atoms with E-state index in [-0.39, 0.29) is 18.4 Å². The molecule has 0 radical (unpaired) electrons. The zero-order valence-electron chi connectivity index (χ0n) is 15.5. The van der Waals surface area contributed by atoms with Gasteiger partial charge in [0.05, 0.1) is 29.3 Å². The molecule has 2 atom stereocenters. The van der Waals surface area contributed by atoms with Crippen LogP contribution in [0.5, 0.6) is 5.75 Å². The fourth-order valence-electron chi connectivity index (χ4n) is 3.59. The largest absolute Gasteiger partial charge is 0.484 e. The van der Waals surface area contributed by atoms with E-state index in [4.69, 9.17) is 20.9 Å². The van der Waals surface area contributed by atoms with Gasteiger partial charge in [0.1, 0.15) is 12.4 Å². The van der Waals surface area contributed by atoms with Crippen molar-refractivity contribution in [2.24, 2.45) is 5.92 Å². The Balaban J connectivity index is 1.42. The van der Waals surface area contributed by atoms with Gasteiger partial charge >= 0.3 is 0 Å². The molecular weight excluding hydrogens is 382 g/mol. The highest BCUT2D eigenvalue weighted by Crippen LogP contribution is 2.31. The third-order valence-electron chi connectivity index (χ3n) is 5.05. The highest BCUT2D eigenvalue weighted by molar-refractivity contribution is 6.32. The van der Waals surface area contributed by atoms with Crippen LogP contribution in [0.4, 0.5) is 0 Å². The predicted octanol–water partition coefficient (Wildman–Crippen LogP) is 3.47. The maximum atomic E-state index is 12.2. The van der Waals surface area contributed by atoms with E-state index >= 15 is 0 Å². The summed E-state index contributed by atoms with van der Waals surface area (Å²) >= 11 is 6.33. The molecule has 0 bridgehead atoms. The first kappa shape index (κ1) is 18.8. The third kappa shape index (κ3) is 4.00. The van der Waals surface area contributed by atoms with Gasteiger partial charge in [-0.3, -0.25) is 4.79 Å². The quantitative estimate of drug-likeness (QED) is 0.585. The topological polar surface area (TPSA) is 100 Å². The van der Waals surface area contributed by atoms with Crippen molar-refractivity contribution in [1.82, 2.24) is 15.5 Å². The molecule has 0 aliphatic heterocycles. The van der Waals surface area contributed by atoms with Crippen molar-refractivity contribution >= 4 is 28.4 Å². The number of rotatable bonds is 6. The standard InChI is InChI=1S/C20H22ClN3O4/c1-11-5-14(28-24-11)10-27-19-8-17-12(7-16(19)21)6-13(23-17)9-22-20(26)15-3-2-4-18(15)25/h5-8,15,18,23,25H,2-4,9-10H2,1H3,(H,22,26). The van der Waals surface area contributed by atoms with Gasteiger partial charge in [-0.25, -0.2) is 0 Å². The van der Waals surface area contributed by atoms with Crippen molar-refractivity contribution in [2.75, 3.05) is 0 Å². The predicted molar refractivity (Wildman–Crippen MR) is 104 cm³/mol. The molecule has 1 aliphatic rings. The Morgan fingerprint density at radius 1 is 1.39 bits per heavy atom. The van der Waals surface area contributed by atoms with Crippen LogP contribution in [0.25, 0.3) is 10.9 Å². The molecule has 8 heteroatoms. The van der Waals surface area contributed by atoms with Gasteiger partial charge < -0.3 is 24.7 Å². The van der Waals surface area contributed by atoms with Crippen molar-refractivity contribution < 1.29 is 19.2 Å². The number of aliphatic hydroxyl groups is 1. The van der Waals surface area contributed by atoms with Gasteiger partial charge in [-0.2, -0.15) is 0 Å². The molecule has 0 spiro atoms. The summed E-state index contributed by atoms with van der Waals surface area (Å²) in [5.74, 6) is 0.749. The summed E-state index contributed by atoms with van der Waals surface area (Å²) in [6, 6.07) is 7.40. The summed E-state index contributed by atoms with van der Waals surface area (Å²) in [6.07, 6.45) is 1.79. The van der Waals surface area contributed by atoms with Gasteiger partial charge in [0.15, 0.2) is 5.76 Å². The fourth-order valence-corrected chi connectivity index (χ4v) is 3.82. The van der Waals surface area contributed by atoms with Crippen LogP contribution in [0.3, 0.4) is 0 Å². The first-order chi connectivity index (χ1) is 13.5. The van der Waals surface area contributed by atoms with Crippen LogP contribution >= 0.6 is 11.6 Å². The lowest BCUT2D eigenvalue weighted by molar-refractivity contribution is -0.127. The molecule has 3 aromatic rings. The molecule has 1 amide bonds. The van der Waals surface area contributed by atoms with Gasteiger partial charge in [-0.1, -0.05) is 16.8 Å². The molecule has 1 aliphatic carbocycles. The van der Waals surface area contributed by atoms with E-state index < -0.39 is 6.10 Å². The molecule has 28 heavy (non-hydrogen) atoms. The first-order valence-electron chi connectivity index (χ1n) is 9.31. The molecule has 2 aromatic heterocycles. The molecule has 4 rings (SSSR count). The van der Waals surface area contributed by atoms with Crippen LogP contribution in [-0.2, 0) is 17.9 Å². The lowest BCUT2D eigenvalue weighted by atomic mass is 10.1. The van der Waals surface area contributed by atoms with E-state index in [9.17, 15) is 9.90 Å². The normalized spacial score (nSPS) is 19.2. The molecule has 2 unspecified atom stereocenters. The minimum atomic E-state index is -0.533. The number of nitrogens with one attached hydrogen (secondary N) is 2. The number of benzene rings is 1. The van der Waals surface area contributed by atoms with E-state index in [0.717, 1.165) is 35.1 Å². The number of aromatic amines is 1. The van der Waals surface area contributed by atoms with Crippen molar-refractivity contribution in [2.45, 2.75) is 45.4 Å². The summed E-state index contributed by atoms with van der Waals surface area (Å²) in [5.41, 5.74) is 2.51. The zero-order chi connectivity index (χ0) is 19.7. The second-order valence-corrected chi connectivity index (χ2v) is 7.62. The van der Waals surface area contributed by atoms with Crippen molar-refractivity contribution in [3.63, 3.8) is 0 Å². The summed E-state index contributed by atoms with van der Waals surface area (Å²) in [5, 5.41) is 18.0. The number of halogens is 1. The van der Waals surface area contributed by atoms with Crippen LogP contribution in [0.1, 0.15) is 36.4 Å². The highest BCUT2D eigenvalue weighted by atomic mass is 35.5. The summed E-state index contributed by atoms with van der Waals surface area (Å²) in [6.45, 7) is 2.44. The SMILES string of the molecule is Cc1cc(COc2cc3[nH]c(CNC(=O)C4CCCC4O)cc3cc2Cl)on1. The molecule has 3 N–H and O–H groups in total. The summed E-state index contributed by atoms with van der Waals surface area (Å²) in [7, 11) is 0. The average Bonchev–Trinajstić information content (AvgIpc) is 3.37. The Kier molecular flexibility index (Phi) is 5.28. The number of nitrogens with zero attached hydrogens (tertiary/aromatic N) is 1. The Bertz CT molecular complexity index is 997. The fraction of sp³-hybridized carbons (Fsp3) is 0.400. The van der Waals surface area contributed by atoms with Crippen molar-refractivity contribution in [3.05, 3.63) is 46.4 Å². The van der Waals surface area contributed by atoms with Crippen LogP contribution < -0.4 is 10.1 Å². The molecular formula is C20H22ClN3O4. The first-order valence-corrected chi connectivity index (χ1v) is 9.69. The van der Waals surface area contributed by atoms with E-state index in [2.05, 4.69) is 15.5 Å².